The van der Waals surface area contributed by atoms with Crippen LogP contribution in [0.5, 0.6) is 5.75 Å². The van der Waals surface area contributed by atoms with Gasteiger partial charge in [0.1, 0.15) is 5.75 Å². The topological polar surface area (TPSA) is 128 Å². The summed E-state index contributed by atoms with van der Waals surface area (Å²) in [5, 5.41) is 6.94. The van der Waals surface area contributed by atoms with Crippen LogP contribution in [0.3, 0.4) is 0 Å². The molecule has 0 atom stereocenters. The van der Waals surface area contributed by atoms with E-state index in [4.69, 9.17) is 4.74 Å². The first-order valence-corrected chi connectivity index (χ1v) is 12.6. The molecule has 2 heterocycles. The van der Waals surface area contributed by atoms with Crippen molar-refractivity contribution in [3.05, 3.63) is 90.5 Å². The lowest BCUT2D eigenvalue weighted by atomic mass is 9.87. The molecule has 2 N–H and O–H groups in total. The summed E-state index contributed by atoms with van der Waals surface area (Å²) in [5.74, 6) is 0.235. The Morgan fingerprint density at radius 1 is 0.972 bits per heavy atom. The van der Waals surface area contributed by atoms with Gasteiger partial charge in [-0.05, 0) is 59.5 Å². The number of carbonyl (C=O) groups excluding carboxylic acids is 1. The van der Waals surface area contributed by atoms with Gasteiger partial charge in [-0.25, -0.2) is 27.8 Å². The minimum Gasteiger partial charge on any atom is -0.471 e. The first-order chi connectivity index (χ1) is 17.1. The number of rotatable bonds is 8. The van der Waals surface area contributed by atoms with E-state index in [0.29, 0.717) is 11.4 Å². The number of nitrogens with one attached hydrogen (secondary N) is 2. The zero-order valence-corrected chi connectivity index (χ0v) is 20.9. The maximum atomic E-state index is 12.6. The lowest BCUT2D eigenvalue weighted by molar-refractivity contribution is 0.102. The Morgan fingerprint density at radius 2 is 1.64 bits per heavy atom. The molecule has 186 valence electrons. The average molecular weight is 507 g/mol. The summed E-state index contributed by atoms with van der Waals surface area (Å²) in [4.78, 5) is 20.3. The average Bonchev–Trinajstić information content (AvgIpc) is 3.33. The fraction of sp³-hybridized carbons (Fsp3) is 0.200. The molecule has 10 nitrogen and oxygen atoms in total. The molecule has 0 unspecified atom stereocenters. The molecule has 1 amide bonds. The molecule has 0 saturated carbocycles. The van der Waals surface area contributed by atoms with E-state index in [1.807, 2.05) is 24.3 Å². The van der Waals surface area contributed by atoms with Crippen LogP contribution in [0.15, 0.2) is 84.1 Å². The van der Waals surface area contributed by atoms with E-state index in [9.17, 15) is 13.2 Å². The highest BCUT2D eigenvalue weighted by Gasteiger charge is 2.17. The van der Waals surface area contributed by atoms with E-state index >= 15 is 0 Å². The molecule has 0 bridgehead atoms. The number of nitrogens with zero attached hydrogens (tertiary/aromatic N) is 4. The van der Waals surface area contributed by atoms with E-state index in [0.717, 1.165) is 0 Å². The number of anilines is 2. The van der Waals surface area contributed by atoms with Crippen LogP contribution in [-0.4, -0.2) is 34.1 Å². The molecule has 4 aromatic rings. The van der Waals surface area contributed by atoms with Gasteiger partial charge in [0.15, 0.2) is 12.4 Å². The number of carbonyl (C=O) groups is 1. The Labute approximate surface area is 209 Å². The normalized spacial score (nSPS) is 11.6. The predicted molar refractivity (Wildman–Crippen MR) is 135 cm³/mol. The summed E-state index contributed by atoms with van der Waals surface area (Å²) in [6, 6.07) is 16.7. The van der Waals surface area contributed by atoms with E-state index in [-0.39, 0.29) is 28.7 Å². The van der Waals surface area contributed by atoms with Gasteiger partial charge in [-0.2, -0.15) is 5.10 Å². The van der Waals surface area contributed by atoms with Crippen molar-refractivity contribution < 1.29 is 17.9 Å². The maximum Gasteiger partial charge on any atom is 0.276 e. The van der Waals surface area contributed by atoms with Crippen molar-refractivity contribution in [3.8, 4) is 5.75 Å². The second-order valence-electron chi connectivity index (χ2n) is 8.94. The minimum atomic E-state index is -3.86. The van der Waals surface area contributed by atoms with Gasteiger partial charge in [-0.15, -0.1) is 0 Å². The molecule has 0 aliphatic carbocycles. The van der Waals surface area contributed by atoms with Crippen molar-refractivity contribution in [3.63, 3.8) is 0 Å². The Morgan fingerprint density at radius 3 is 2.28 bits per heavy atom. The van der Waals surface area contributed by atoms with Gasteiger partial charge in [-0.1, -0.05) is 32.9 Å². The summed E-state index contributed by atoms with van der Waals surface area (Å²) in [6.07, 6.45) is 4.51. The number of aromatic nitrogens is 4. The highest BCUT2D eigenvalue weighted by atomic mass is 32.2. The number of benzene rings is 2. The smallest absolute Gasteiger partial charge is 0.276 e. The first-order valence-electron chi connectivity index (χ1n) is 11.1. The predicted octanol–water partition coefficient (Wildman–Crippen LogP) is 4.06. The van der Waals surface area contributed by atoms with Crippen LogP contribution in [-0.2, 0) is 22.2 Å². The highest BCUT2D eigenvalue weighted by Crippen LogP contribution is 2.24. The third kappa shape index (κ3) is 6.25. The van der Waals surface area contributed by atoms with Crippen LogP contribution in [0, 0.1) is 0 Å². The third-order valence-corrected chi connectivity index (χ3v) is 6.52. The quantitative estimate of drug-likeness (QED) is 0.369. The number of ether oxygens (including phenoxy) is 1. The maximum absolute atomic E-state index is 12.6. The molecule has 0 aliphatic heterocycles. The molecule has 0 aliphatic rings. The van der Waals surface area contributed by atoms with Crippen LogP contribution in [0.4, 0.5) is 11.6 Å². The van der Waals surface area contributed by atoms with Gasteiger partial charge < -0.3 is 10.1 Å². The van der Waals surface area contributed by atoms with Crippen molar-refractivity contribution in [1.82, 2.24) is 19.7 Å². The van der Waals surface area contributed by atoms with Crippen LogP contribution >= 0.6 is 0 Å². The molecule has 2 aromatic heterocycles. The van der Waals surface area contributed by atoms with E-state index < -0.39 is 15.9 Å². The van der Waals surface area contributed by atoms with E-state index in [2.05, 4.69) is 45.9 Å². The van der Waals surface area contributed by atoms with Crippen molar-refractivity contribution in [2.75, 3.05) is 10.0 Å². The fourth-order valence-electron chi connectivity index (χ4n) is 3.19. The Bertz CT molecular complexity index is 1430. The van der Waals surface area contributed by atoms with E-state index in [1.165, 1.54) is 46.9 Å². The standard InChI is InChI=1S/C25H26N6O4S/c1-25(2,3)18-5-9-20(10-6-18)35-17-31-16-13-22(29-31)23(32)28-19-7-11-21(12-8-19)36(33,34)30-24-26-14-4-15-27-24/h4-16H,17H2,1-3H3,(H,28,32)(H,26,27,30). The molecule has 4 rings (SSSR count). The lowest BCUT2D eigenvalue weighted by Crippen LogP contribution is -2.16. The molecule has 0 saturated heterocycles. The van der Waals surface area contributed by atoms with Gasteiger partial charge in [0.25, 0.3) is 15.9 Å². The summed E-state index contributed by atoms with van der Waals surface area (Å²) in [7, 11) is -3.86. The Kier molecular flexibility index (Phi) is 7.02. The molecular weight excluding hydrogens is 480 g/mol. The molecule has 11 heteroatoms. The largest absolute Gasteiger partial charge is 0.471 e. The fourth-order valence-corrected chi connectivity index (χ4v) is 4.15. The second-order valence-corrected chi connectivity index (χ2v) is 10.6. The van der Waals surface area contributed by atoms with Crippen molar-refractivity contribution in [1.29, 1.82) is 0 Å². The van der Waals surface area contributed by atoms with Gasteiger partial charge in [0.2, 0.25) is 5.95 Å². The van der Waals surface area contributed by atoms with Crippen LogP contribution in [0.25, 0.3) is 0 Å². The van der Waals surface area contributed by atoms with Gasteiger partial charge >= 0.3 is 0 Å². The molecule has 2 aromatic carbocycles. The zero-order valence-electron chi connectivity index (χ0n) is 20.0. The second kappa shape index (κ2) is 10.2. The van der Waals surface area contributed by atoms with Crippen molar-refractivity contribution in [2.24, 2.45) is 0 Å². The van der Waals surface area contributed by atoms with Gasteiger partial charge in [0, 0.05) is 24.3 Å². The first kappa shape index (κ1) is 24.9. The summed E-state index contributed by atoms with van der Waals surface area (Å²) in [5.41, 5.74) is 1.88. The van der Waals surface area contributed by atoms with Crippen LogP contribution in [0.2, 0.25) is 0 Å². The van der Waals surface area contributed by atoms with Crippen molar-refractivity contribution in [2.45, 2.75) is 37.8 Å². The molecule has 0 fully saturated rings. The SMILES string of the molecule is CC(C)(C)c1ccc(OCn2ccc(C(=O)Nc3ccc(S(=O)(=O)Nc4ncccn4)cc3)n2)cc1. The van der Waals surface area contributed by atoms with Gasteiger partial charge in [-0.3, -0.25) is 4.79 Å². The number of amides is 1. The molecule has 0 spiro atoms. The monoisotopic (exact) mass is 506 g/mol. The number of hydrogen-bond acceptors (Lipinski definition) is 7. The minimum absolute atomic E-state index is 0.00455. The molecular formula is C25H26N6O4S. The number of sulfonamides is 1. The van der Waals surface area contributed by atoms with E-state index in [1.54, 1.807) is 18.3 Å². The Hall–Kier alpha value is -4.25. The van der Waals surface area contributed by atoms with Crippen LogP contribution < -0.4 is 14.8 Å². The molecule has 36 heavy (non-hydrogen) atoms. The van der Waals surface area contributed by atoms with Crippen molar-refractivity contribution >= 4 is 27.6 Å². The summed E-state index contributed by atoms with van der Waals surface area (Å²) < 4.78 is 34.5. The van der Waals surface area contributed by atoms with Gasteiger partial charge in [0.05, 0.1) is 4.90 Å². The summed E-state index contributed by atoms with van der Waals surface area (Å²) >= 11 is 0. The Balaban J connectivity index is 1.33. The third-order valence-electron chi connectivity index (χ3n) is 5.17. The lowest BCUT2D eigenvalue weighted by Gasteiger charge is -2.19. The zero-order chi connectivity index (χ0) is 25.8. The highest BCUT2D eigenvalue weighted by molar-refractivity contribution is 7.92. The van der Waals surface area contributed by atoms with Crippen LogP contribution in [0.1, 0.15) is 36.8 Å². The number of hydrogen-bond donors (Lipinski definition) is 2. The molecule has 0 radical (unpaired) electrons. The summed E-state index contributed by atoms with van der Waals surface area (Å²) in [6.45, 7) is 6.59.